The Morgan fingerprint density at radius 3 is 2.80 bits per heavy atom. The standard InChI is InChI=1S/C25H18N8OS/c34-25(13-1-2-13)29-16-5-15(7-26-8-16)19-6-17-20(11-28-19)32-33-23(17)24-30-21-10-27-9-18(22(21)31-24)14-3-4-35-12-14/h3-13H,1-2H2,(H,29,34)(H,30,31)(H,32,33). The highest BCUT2D eigenvalue weighted by molar-refractivity contribution is 7.08. The lowest BCUT2D eigenvalue weighted by Gasteiger charge is -2.06. The number of aromatic amines is 2. The molecule has 7 rings (SSSR count). The predicted molar refractivity (Wildman–Crippen MR) is 135 cm³/mol. The molecule has 1 fully saturated rings. The number of aromatic nitrogens is 7. The van der Waals surface area contributed by atoms with E-state index in [2.05, 4.69) is 46.9 Å². The number of rotatable bonds is 5. The van der Waals surface area contributed by atoms with E-state index < -0.39 is 0 Å². The highest BCUT2D eigenvalue weighted by atomic mass is 32.1. The van der Waals surface area contributed by atoms with Gasteiger partial charge in [0.1, 0.15) is 11.2 Å². The summed E-state index contributed by atoms with van der Waals surface area (Å²) in [5, 5.41) is 15.5. The Hall–Kier alpha value is -4.44. The molecular formula is C25H18N8OS. The minimum absolute atomic E-state index is 0.0469. The molecule has 3 N–H and O–H groups in total. The molecule has 6 heterocycles. The van der Waals surface area contributed by atoms with Crippen LogP contribution in [-0.2, 0) is 4.79 Å². The number of nitrogens with zero attached hydrogens (tertiary/aromatic N) is 5. The maximum Gasteiger partial charge on any atom is 0.227 e. The first kappa shape index (κ1) is 20.0. The molecule has 10 heteroatoms. The van der Waals surface area contributed by atoms with E-state index in [1.807, 2.05) is 23.7 Å². The number of pyridine rings is 3. The van der Waals surface area contributed by atoms with Gasteiger partial charge in [0.25, 0.3) is 0 Å². The van der Waals surface area contributed by atoms with Crippen molar-refractivity contribution in [3.05, 3.63) is 59.9 Å². The van der Waals surface area contributed by atoms with Crippen molar-refractivity contribution in [2.75, 3.05) is 5.32 Å². The zero-order valence-electron chi connectivity index (χ0n) is 18.3. The van der Waals surface area contributed by atoms with E-state index in [0.29, 0.717) is 17.2 Å². The number of H-pyrrole nitrogens is 2. The highest BCUT2D eigenvalue weighted by Crippen LogP contribution is 2.33. The van der Waals surface area contributed by atoms with Crippen molar-refractivity contribution in [1.29, 1.82) is 0 Å². The van der Waals surface area contributed by atoms with Crippen molar-refractivity contribution in [3.63, 3.8) is 0 Å². The second-order valence-electron chi connectivity index (χ2n) is 8.59. The number of imidazole rings is 1. The first-order chi connectivity index (χ1) is 17.2. The number of anilines is 1. The van der Waals surface area contributed by atoms with Gasteiger partial charge in [-0.1, -0.05) is 0 Å². The Morgan fingerprint density at radius 1 is 1.03 bits per heavy atom. The number of carbonyl (C=O) groups excluding carboxylic acids is 1. The average Bonchev–Trinajstić information content (AvgIpc) is 3.26. The zero-order chi connectivity index (χ0) is 23.4. The Bertz CT molecular complexity index is 1710. The van der Waals surface area contributed by atoms with Gasteiger partial charge < -0.3 is 10.3 Å². The van der Waals surface area contributed by atoms with E-state index in [1.165, 1.54) is 0 Å². The van der Waals surface area contributed by atoms with Gasteiger partial charge in [-0.15, -0.1) is 0 Å². The van der Waals surface area contributed by atoms with Gasteiger partial charge in [-0.3, -0.25) is 24.8 Å². The largest absolute Gasteiger partial charge is 0.335 e. The number of amides is 1. The monoisotopic (exact) mass is 478 g/mol. The van der Waals surface area contributed by atoms with Crippen LogP contribution in [0.1, 0.15) is 12.8 Å². The number of nitrogens with one attached hydrogen (secondary N) is 3. The molecule has 0 bridgehead atoms. The van der Waals surface area contributed by atoms with Crippen LogP contribution in [0.2, 0.25) is 0 Å². The SMILES string of the molecule is O=C(Nc1cncc(-c2cc3c(-c4nc5c(-c6ccsc6)cncc5[nH]4)n[nH]c3cn2)c1)C1CC1. The lowest BCUT2D eigenvalue weighted by Crippen LogP contribution is -2.13. The Morgan fingerprint density at radius 2 is 1.94 bits per heavy atom. The van der Waals surface area contributed by atoms with Crippen molar-refractivity contribution in [2.45, 2.75) is 12.8 Å². The van der Waals surface area contributed by atoms with Crippen LogP contribution >= 0.6 is 11.3 Å². The fraction of sp³-hybridized carbons (Fsp3) is 0.120. The van der Waals surface area contributed by atoms with Gasteiger partial charge in [-0.2, -0.15) is 16.4 Å². The second-order valence-corrected chi connectivity index (χ2v) is 9.37. The molecule has 0 aromatic carbocycles. The molecule has 0 unspecified atom stereocenters. The lowest BCUT2D eigenvalue weighted by molar-refractivity contribution is -0.117. The van der Waals surface area contributed by atoms with Gasteiger partial charge in [-0.05, 0) is 47.4 Å². The minimum atomic E-state index is 0.0469. The quantitative estimate of drug-likeness (QED) is 0.319. The van der Waals surface area contributed by atoms with E-state index in [0.717, 1.165) is 57.2 Å². The molecule has 170 valence electrons. The first-order valence-corrected chi connectivity index (χ1v) is 12.1. The summed E-state index contributed by atoms with van der Waals surface area (Å²) in [5.74, 6) is 0.822. The van der Waals surface area contributed by atoms with Crippen molar-refractivity contribution in [1.82, 2.24) is 35.1 Å². The molecule has 6 aromatic rings. The van der Waals surface area contributed by atoms with Crippen LogP contribution in [0.5, 0.6) is 0 Å². The summed E-state index contributed by atoms with van der Waals surface area (Å²) in [6.45, 7) is 0. The minimum Gasteiger partial charge on any atom is -0.335 e. The maximum atomic E-state index is 12.2. The van der Waals surface area contributed by atoms with E-state index in [-0.39, 0.29) is 11.8 Å². The van der Waals surface area contributed by atoms with Gasteiger partial charge in [0.2, 0.25) is 5.91 Å². The molecule has 0 spiro atoms. The summed E-state index contributed by atoms with van der Waals surface area (Å²) >= 11 is 1.64. The topological polar surface area (TPSA) is 125 Å². The molecular weight excluding hydrogens is 460 g/mol. The van der Waals surface area contributed by atoms with Gasteiger partial charge in [-0.25, -0.2) is 4.98 Å². The molecule has 1 saturated carbocycles. The van der Waals surface area contributed by atoms with E-state index >= 15 is 0 Å². The third-order valence-electron chi connectivity index (χ3n) is 6.15. The normalized spacial score (nSPS) is 13.5. The van der Waals surface area contributed by atoms with Crippen LogP contribution in [-0.4, -0.2) is 41.0 Å². The van der Waals surface area contributed by atoms with Crippen molar-refractivity contribution in [2.24, 2.45) is 5.92 Å². The van der Waals surface area contributed by atoms with Crippen molar-refractivity contribution >= 4 is 44.9 Å². The fourth-order valence-electron chi connectivity index (χ4n) is 4.17. The molecule has 0 radical (unpaired) electrons. The number of hydrogen-bond acceptors (Lipinski definition) is 7. The second kappa shape index (κ2) is 7.81. The Kier molecular flexibility index (Phi) is 4.46. The van der Waals surface area contributed by atoms with E-state index in [1.54, 1.807) is 36.1 Å². The molecule has 1 aliphatic carbocycles. The zero-order valence-corrected chi connectivity index (χ0v) is 19.1. The van der Waals surface area contributed by atoms with Crippen LogP contribution in [0, 0.1) is 5.92 Å². The van der Waals surface area contributed by atoms with Gasteiger partial charge in [0.05, 0.1) is 41.0 Å². The molecule has 35 heavy (non-hydrogen) atoms. The van der Waals surface area contributed by atoms with Crippen LogP contribution in [0.4, 0.5) is 5.69 Å². The smallest absolute Gasteiger partial charge is 0.227 e. The summed E-state index contributed by atoms with van der Waals surface area (Å²) in [4.78, 5) is 33.7. The molecule has 1 amide bonds. The highest BCUT2D eigenvalue weighted by Gasteiger charge is 2.29. The molecule has 1 aliphatic rings. The van der Waals surface area contributed by atoms with Gasteiger partial charge in [0.15, 0.2) is 5.82 Å². The number of hydrogen-bond donors (Lipinski definition) is 3. The van der Waals surface area contributed by atoms with Gasteiger partial charge in [0, 0.05) is 34.8 Å². The summed E-state index contributed by atoms with van der Waals surface area (Å²) in [5.41, 5.74) is 7.45. The molecule has 0 saturated heterocycles. The summed E-state index contributed by atoms with van der Waals surface area (Å²) in [7, 11) is 0. The van der Waals surface area contributed by atoms with Crippen LogP contribution in [0.15, 0.2) is 59.9 Å². The number of carbonyl (C=O) groups is 1. The molecule has 0 aliphatic heterocycles. The third-order valence-corrected chi connectivity index (χ3v) is 6.83. The van der Waals surface area contributed by atoms with Crippen molar-refractivity contribution < 1.29 is 4.79 Å². The van der Waals surface area contributed by atoms with Gasteiger partial charge >= 0.3 is 0 Å². The summed E-state index contributed by atoms with van der Waals surface area (Å²) in [6, 6.07) is 5.91. The summed E-state index contributed by atoms with van der Waals surface area (Å²) < 4.78 is 0. The summed E-state index contributed by atoms with van der Waals surface area (Å²) in [6.07, 6.45) is 10.6. The third kappa shape index (κ3) is 3.55. The molecule has 9 nitrogen and oxygen atoms in total. The van der Waals surface area contributed by atoms with E-state index in [9.17, 15) is 4.79 Å². The average molecular weight is 479 g/mol. The van der Waals surface area contributed by atoms with E-state index in [4.69, 9.17) is 4.98 Å². The van der Waals surface area contributed by atoms with Crippen LogP contribution < -0.4 is 5.32 Å². The number of thiophene rings is 1. The predicted octanol–water partition coefficient (Wildman–Crippen LogP) is 5.04. The Labute approximate surface area is 202 Å². The first-order valence-electron chi connectivity index (χ1n) is 11.2. The fourth-order valence-corrected chi connectivity index (χ4v) is 4.82. The molecule has 6 aromatic heterocycles. The lowest BCUT2D eigenvalue weighted by atomic mass is 10.1. The Balaban J connectivity index is 1.29. The van der Waals surface area contributed by atoms with Crippen molar-refractivity contribution in [3.8, 4) is 33.9 Å². The van der Waals surface area contributed by atoms with Crippen LogP contribution in [0.25, 0.3) is 55.8 Å². The number of fused-ring (bicyclic) bond motifs is 2. The maximum absolute atomic E-state index is 12.2. The molecule has 0 atom stereocenters. The van der Waals surface area contributed by atoms with Crippen LogP contribution in [0.3, 0.4) is 0 Å².